The molecule has 0 saturated carbocycles. The highest BCUT2D eigenvalue weighted by Crippen LogP contribution is 2.28. The Morgan fingerprint density at radius 1 is 1.05 bits per heavy atom. The van der Waals surface area contributed by atoms with Gasteiger partial charge >= 0.3 is 12.1 Å². The monoisotopic (exact) mass is 540 g/mol. The van der Waals surface area contributed by atoms with Crippen LogP contribution in [0.2, 0.25) is 5.15 Å². The summed E-state index contributed by atoms with van der Waals surface area (Å²) >= 11 is 6.48. The molecule has 9 nitrogen and oxygen atoms in total. The Balaban J connectivity index is 1.74. The third kappa shape index (κ3) is 8.08. The van der Waals surface area contributed by atoms with Crippen molar-refractivity contribution in [2.75, 3.05) is 11.9 Å². The van der Waals surface area contributed by atoms with Gasteiger partial charge in [-0.25, -0.2) is 9.78 Å². The third-order valence-corrected chi connectivity index (χ3v) is 5.73. The maximum absolute atomic E-state index is 12.5. The number of halogens is 1. The molecule has 0 fully saturated rings. The molecular weight excluding hydrogens is 508 g/mol. The highest BCUT2D eigenvalue weighted by molar-refractivity contribution is 6.31. The van der Waals surface area contributed by atoms with Crippen molar-refractivity contribution in [1.29, 1.82) is 0 Å². The summed E-state index contributed by atoms with van der Waals surface area (Å²) in [6.07, 6.45) is -0.179. The Kier molecular flexibility index (Phi) is 9.52. The number of hydrogen-bond donors (Lipinski definition) is 3. The summed E-state index contributed by atoms with van der Waals surface area (Å²) in [5, 5.41) is 5.97. The summed E-state index contributed by atoms with van der Waals surface area (Å²) in [7, 11) is 0. The molecule has 2 amide bonds. The third-order valence-electron chi connectivity index (χ3n) is 5.46. The van der Waals surface area contributed by atoms with Crippen molar-refractivity contribution in [3.05, 3.63) is 71.1 Å². The molecule has 2 aromatic carbocycles. The Labute approximate surface area is 227 Å². The van der Waals surface area contributed by atoms with Gasteiger partial charge in [-0.3, -0.25) is 9.59 Å². The second-order valence-electron chi connectivity index (χ2n) is 9.70. The number of aromatic amines is 1. The number of alkyl carbamates (subject to hydrolysis) is 1. The lowest BCUT2D eigenvalue weighted by atomic mass is 10.0. The zero-order valence-electron chi connectivity index (χ0n) is 22.1. The molecule has 2 unspecified atom stereocenters. The lowest BCUT2D eigenvalue weighted by molar-refractivity contribution is -0.150. The number of nitrogens with zero attached hydrogens (tertiary/aromatic N) is 1. The molecular formula is C28H33ClN4O5. The van der Waals surface area contributed by atoms with Crippen LogP contribution in [-0.4, -0.2) is 40.1 Å². The van der Waals surface area contributed by atoms with E-state index < -0.39 is 35.5 Å². The fraction of sp³-hybridized carbons (Fsp3) is 0.357. The number of carbonyl (C=O) groups is 3. The molecule has 0 radical (unpaired) electrons. The van der Waals surface area contributed by atoms with Gasteiger partial charge in [-0.05, 0) is 52.3 Å². The molecule has 0 aliphatic rings. The van der Waals surface area contributed by atoms with E-state index >= 15 is 0 Å². The van der Waals surface area contributed by atoms with E-state index in [2.05, 4.69) is 20.6 Å². The summed E-state index contributed by atoms with van der Waals surface area (Å²) in [6.45, 7) is 8.81. The van der Waals surface area contributed by atoms with Crippen molar-refractivity contribution in [3.8, 4) is 11.3 Å². The van der Waals surface area contributed by atoms with Gasteiger partial charge in [-0.15, -0.1) is 0 Å². The lowest BCUT2D eigenvalue weighted by Crippen LogP contribution is -2.35. The molecule has 3 aromatic rings. The van der Waals surface area contributed by atoms with Gasteiger partial charge in [0.25, 0.3) is 0 Å². The fourth-order valence-corrected chi connectivity index (χ4v) is 3.86. The van der Waals surface area contributed by atoms with Crippen LogP contribution in [-0.2, 0) is 25.5 Å². The summed E-state index contributed by atoms with van der Waals surface area (Å²) < 4.78 is 10.3. The van der Waals surface area contributed by atoms with Crippen molar-refractivity contribution in [3.63, 3.8) is 0 Å². The van der Waals surface area contributed by atoms with Crippen molar-refractivity contribution in [2.45, 2.75) is 52.7 Å². The van der Waals surface area contributed by atoms with Gasteiger partial charge in [-0.2, -0.15) is 0 Å². The van der Waals surface area contributed by atoms with Gasteiger partial charge < -0.3 is 25.1 Å². The van der Waals surface area contributed by atoms with Crippen LogP contribution in [0.3, 0.4) is 0 Å². The predicted octanol–water partition coefficient (Wildman–Crippen LogP) is 5.68. The number of aromatic nitrogens is 2. The number of carbonyl (C=O) groups excluding carboxylic acids is 3. The van der Waals surface area contributed by atoms with Crippen LogP contribution in [0.1, 0.15) is 52.0 Å². The number of amides is 2. The second kappa shape index (κ2) is 12.6. The number of nitrogens with one attached hydrogen (secondary N) is 3. The van der Waals surface area contributed by atoms with E-state index in [9.17, 15) is 14.4 Å². The molecule has 202 valence electrons. The average molecular weight is 541 g/mol. The number of ether oxygens (including phenoxy) is 2. The first-order chi connectivity index (χ1) is 18.0. The summed E-state index contributed by atoms with van der Waals surface area (Å²) in [4.78, 5) is 44.4. The minimum Gasteiger partial charge on any atom is -0.465 e. The van der Waals surface area contributed by atoms with Crippen molar-refractivity contribution < 1.29 is 23.9 Å². The molecule has 3 rings (SSSR count). The van der Waals surface area contributed by atoms with Crippen LogP contribution in [0.5, 0.6) is 0 Å². The first kappa shape index (κ1) is 28.7. The first-order valence-electron chi connectivity index (χ1n) is 12.3. The number of rotatable bonds is 9. The minimum absolute atomic E-state index is 0.209. The zero-order chi connectivity index (χ0) is 27.9. The van der Waals surface area contributed by atoms with Crippen LogP contribution in [0.4, 0.5) is 10.5 Å². The van der Waals surface area contributed by atoms with Gasteiger partial charge in [0.2, 0.25) is 5.91 Å². The van der Waals surface area contributed by atoms with Gasteiger partial charge in [0.05, 0.1) is 12.6 Å². The number of imidazole rings is 1. The maximum Gasteiger partial charge on any atom is 0.408 e. The molecule has 2 atom stereocenters. The quantitative estimate of drug-likeness (QED) is 0.237. The maximum atomic E-state index is 12.5. The Bertz CT molecular complexity index is 1250. The average Bonchev–Trinajstić information content (AvgIpc) is 3.23. The molecule has 0 spiro atoms. The summed E-state index contributed by atoms with van der Waals surface area (Å²) in [6, 6.07) is 16.1. The molecule has 38 heavy (non-hydrogen) atoms. The zero-order valence-corrected chi connectivity index (χ0v) is 22.9. The van der Waals surface area contributed by atoms with E-state index in [-0.39, 0.29) is 6.61 Å². The number of anilines is 1. The smallest absolute Gasteiger partial charge is 0.408 e. The number of esters is 1. The number of hydrogen-bond acceptors (Lipinski definition) is 6. The van der Waals surface area contributed by atoms with Crippen molar-refractivity contribution >= 4 is 35.3 Å². The highest BCUT2D eigenvalue weighted by Gasteiger charge is 2.24. The predicted molar refractivity (Wildman–Crippen MR) is 146 cm³/mol. The number of H-pyrrole nitrogens is 1. The summed E-state index contributed by atoms with van der Waals surface area (Å²) in [5.41, 5.74) is 2.04. The largest absolute Gasteiger partial charge is 0.465 e. The van der Waals surface area contributed by atoms with E-state index in [1.54, 1.807) is 52.0 Å². The molecule has 3 N–H and O–H groups in total. The van der Waals surface area contributed by atoms with E-state index in [0.29, 0.717) is 28.8 Å². The van der Waals surface area contributed by atoms with Crippen LogP contribution in [0.25, 0.3) is 11.3 Å². The topological polar surface area (TPSA) is 122 Å². The van der Waals surface area contributed by atoms with Crippen molar-refractivity contribution in [2.24, 2.45) is 5.92 Å². The Morgan fingerprint density at radius 3 is 2.32 bits per heavy atom. The van der Waals surface area contributed by atoms with Gasteiger partial charge in [0.15, 0.2) is 0 Å². The lowest BCUT2D eigenvalue weighted by Gasteiger charge is -2.23. The SMILES string of the molecule is CCOC(=O)C(C)C(=O)Nc1ccc(-c2nc(CC(NC(=O)OC(C)(C)C)c3ccccc3)[nH]c2Cl)cc1. The molecule has 0 aliphatic heterocycles. The molecule has 1 aromatic heterocycles. The summed E-state index contributed by atoms with van der Waals surface area (Å²) in [5.74, 6) is -1.38. The van der Waals surface area contributed by atoms with Gasteiger partial charge in [0, 0.05) is 17.7 Å². The second-order valence-corrected chi connectivity index (χ2v) is 10.1. The van der Waals surface area contributed by atoms with E-state index in [1.807, 2.05) is 30.3 Å². The molecule has 0 saturated heterocycles. The Morgan fingerprint density at radius 2 is 1.71 bits per heavy atom. The molecule has 0 bridgehead atoms. The molecule has 0 aliphatic carbocycles. The van der Waals surface area contributed by atoms with Crippen LogP contribution < -0.4 is 10.6 Å². The number of benzene rings is 2. The Hall–Kier alpha value is -3.85. The van der Waals surface area contributed by atoms with Gasteiger partial charge in [-0.1, -0.05) is 54.1 Å². The minimum atomic E-state index is -0.926. The van der Waals surface area contributed by atoms with Crippen LogP contribution in [0.15, 0.2) is 54.6 Å². The first-order valence-corrected chi connectivity index (χ1v) is 12.7. The van der Waals surface area contributed by atoms with E-state index in [4.69, 9.17) is 21.1 Å². The normalized spacial score (nSPS) is 12.8. The van der Waals surface area contributed by atoms with Crippen LogP contribution >= 0.6 is 11.6 Å². The molecule has 1 heterocycles. The fourth-order valence-electron chi connectivity index (χ4n) is 3.60. The van der Waals surface area contributed by atoms with Crippen LogP contribution in [0, 0.1) is 5.92 Å². The van der Waals surface area contributed by atoms with Gasteiger partial charge in [0.1, 0.15) is 28.2 Å². The van der Waals surface area contributed by atoms with E-state index in [1.165, 1.54) is 6.92 Å². The standard InChI is InChI=1S/C28H33ClN4O5/c1-6-37-26(35)17(2)25(34)30-20-14-12-19(13-15-20)23-24(29)33-22(32-23)16-21(18-10-8-7-9-11-18)31-27(36)38-28(3,4)5/h7-15,17,21H,6,16H2,1-5H3,(H,30,34)(H,31,36)(H,32,33). The molecule has 10 heteroatoms. The van der Waals surface area contributed by atoms with E-state index in [0.717, 1.165) is 11.1 Å². The van der Waals surface area contributed by atoms with Crippen molar-refractivity contribution in [1.82, 2.24) is 15.3 Å². The highest BCUT2D eigenvalue weighted by atomic mass is 35.5.